The SMILES string of the molecule is c1ccc2c(c1)c1ccccc1c1cc(-c3ccc(-c4ccc(N5CCN(c6ccc(-c7ccc(-c8ccc9c%10ccccc%10c%10ccccc%10c9c8)s7)cc6)CC5)cc4)s3)ccc21. The molecule has 1 aliphatic rings. The van der Waals surface area contributed by atoms with Gasteiger partial charge in [-0.1, -0.05) is 146 Å². The Morgan fingerprint density at radius 3 is 0.797 bits per heavy atom. The molecule has 2 nitrogen and oxygen atoms in total. The van der Waals surface area contributed by atoms with Crippen molar-refractivity contribution in [1.29, 1.82) is 0 Å². The highest BCUT2D eigenvalue weighted by atomic mass is 32.1. The van der Waals surface area contributed by atoms with Crippen molar-refractivity contribution in [2.45, 2.75) is 0 Å². The first-order valence-electron chi connectivity index (χ1n) is 22.3. The molecule has 1 fully saturated rings. The number of hydrogen-bond acceptors (Lipinski definition) is 4. The molecule has 0 N–H and O–H groups in total. The largest absolute Gasteiger partial charge is 0.368 e. The Bertz CT molecular complexity index is 3420. The minimum absolute atomic E-state index is 1.00. The molecule has 0 atom stereocenters. The highest BCUT2D eigenvalue weighted by Gasteiger charge is 2.19. The minimum atomic E-state index is 1.00. The van der Waals surface area contributed by atoms with Gasteiger partial charge in [-0.05, 0) is 148 Å². The van der Waals surface area contributed by atoms with E-state index < -0.39 is 0 Å². The van der Waals surface area contributed by atoms with Gasteiger partial charge in [-0.2, -0.15) is 0 Å². The number of benzene rings is 10. The molecule has 4 heteroatoms. The van der Waals surface area contributed by atoms with E-state index in [0.717, 1.165) is 26.2 Å². The maximum Gasteiger partial charge on any atom is 0.0367 e. The predicted molar refractivity (Wildman–Crippen MR) is 280 cm³/mol. The van der Waals surface area contributed by atoms with Crippen LogP contribution in [0.3, 0.4) is 0 Å². The second kappa shape index (κ2) is 15.2. The van der Waals surface area contributed by atoms with Crippen LogP contribution in [0.1, 0.15) is 0 Å². The standard InChI is InChI=1S/C60H42N2S2/c1-3-13-49-45(9-1)47-11-5-7-15-51(47)55-37-41(21-27-53(49)55)59-31-29-57(63-59)39-17-23-43(24-18-39)61-33-35-62(36-34-61)44-25-19-40(20-26-44)58-30-32-60(64-58)42-22-28-54-50-14-4-2-10-46(50)48-12-6-8-16-52(48)56(54)38-42/h1-32,37-38H,33-36H2. The van der Waals surface area contributed by atoms with Crippen LogP contribution in [0, 0.1) is 0 Å². The van der Waals surface area contributed by atoms with Gasteiger partial charge < -0.3 is 9.80 Å². The van der Waals surface area contributed by atoms with Crippen LogP contribution in [-0.2, 0) is 0 Å². The number of fused-ring (bicyclic) bond motifs is 12. The second-order valence-corrected chi connectivity index (χ2v) is 19.3. The maximum absolute atomic E-state index is 2.53. The van der Waals surface area contributed by atoms with Crippen LogP contribution in [0.4, 0.5) is 11.4 Å². The lowest BCUT2D eigenvalue weighted by Gasteiger charge is -2.37. The Morgan fingerprint density at radius 2 is 0.484 bits per heavy atom. The summed E-state index contributed by atoms with van der Waals surface area (Å²) in [4.78, 5) is 10.3. The van der Waals surface area contributed by atoms with Gasteiger partial charge in [-0.3, -0.25) is 0 Å². The van der Waals surface area contributed by atoms with E-state index >= 15 is 0 Å². The molecule has 304 valence electrons. The summed E-state index contributed by atoms with van der Waals surface area (Å²) in [6.07, 6.45) is 0. The second-order valence-electron chi connectivity index (χ2n) is 17.1. The van der Waals surface area contributed by atoms with E-state index in [1.54, 1.807) is 0 Å². The molecule has 1 aliphatic heterocycles. The van der Waals surface area contributed by atoms with E-state index in [1.165, 1.54) is 118 Å². The van der Waals surface area contributed by atoms with Crippen molar-refractivity contribution in [3.63, 3.8) is 0 Å². The van der Waals surface area contributed by atoms with Gasteiger partial charge in [0, 0.05) is 57.1 Å². The first kappa shape index (κ1) is 37.3. The lowest BCUT2D eigenvalue weighted by Crippen LogP contribution is -2.46. The van der Waals surface area contributed by atoms with Crippen molar-refractivity contribution in [3.05, 3.63) is 206 Å². The topological polar surface area (TPSA) is 6.48 Å². The van der Waals surface area contributed by atoms with E-state index in [2.05, 4.69) is 216 Å². The summed E-state index contributed by atoms with van der Waals surface area (Å²) in [7, 11) is 0. The summed E-state index contributed by atoms with van der Waals surface area (Å²) in [6, 6.07) is 76.9. The quantitative estimate of drug-likeness (QED) is 0.154. The van der Waals surface area contributed by atoms with E-state index in [1.807, 2.05) is 22.7 Å². The molecule has 0 spiro atoms. The fraction of sp³-hybridized carbons (Fsp3) is 0.0667. The third-order valence-corrected chi connectivity index (χ3v) is 15.9. The summed E-state index contributed by atoms with van der Waals surface area (Å²) in [5.74, 6) is 0. The molecule has 13 rings (SSSR count). The summed E-state index contributed by atoms with van der Waals surface area (Å²) in [6.45, 7) is 4.01. The number of piperazine rings is 1. The highest BCUT2D eigenvalue weighted by Crippen LogP contribution is 2.42. The van der Waals surface area contributed by atoms with Crippen LogP contribution >= 0.6 is 22.7 Å². The van der Waals surface area contributed by atoms with E-state index in [4.69, 9.17) is 0 Å². The summed E-state index contributed by atoms with van der Waals surface area (Å²) in [5, 5.41) is 15.8. The van der Waals surface area contributed by atoms with Crippen molar-refractivity contribution < 1.29 is 0 Å². The van der Waals surface area contributed by atoms with Crippen LogP contribution in [0.15, 0.2) is 206 Å². The van der Waals surface area contributed by atoms with Gasteiger partial charge in [-0.15, -0.1) is 22.7 Å². The number of anilines is 2. The van der Waals surface area contributed by atoms with Crippen molar-refractivity contribution in [1.82, 2.24) is 0 Å². The van der Waals surface area contributed by atoms with Crippen LogP contribution < -0.4 is 9.80 Å². The fourth-order valence-electron chi connectivity index (χ4n) is 10.3. The van der Waals surface area contributed by atoms with Gasteiger partial charge in [0.25, 0.3) is 0 Å². The number of hydrogen-bond donors (Lipinski definition) is 0. The molecule has 2 aromatic heterocycles. The average Bonchev–Trinajstić information content (AvgIpc) is 4.09. The molecule has 0 unspecified atom stereocenters. The zero-order valence-electron chi connectivity index (χ0n) is 35.2. The van der Waals surface area contributed by atoms with Gasteiger partial charge in [0.15, 0.2) is 0 Å². The number of rotatable bonds is 6. The summed E-state index contributed by atoms with van der Waals surface area (Å²) >= 11 is 3.75. The average molecular weight is 855 g/mol. The summed E-state index contributed by atoms with van der Waals surface area (Å²) in [5.41, 5.74) is 7.68. The molecule has 0 bridgehead atoms. The molecule has 0 amide bonds. The monoisotopic (exact) mass is 854 g/mol. The van der Waals surface area contributed by atoms with Gasteiger partial charge in [0.2, 0.25) is 0 Å². The highest BCUT2D eigenvalue weighted by molar-refractivity contribution is 7.19. The molecular formula is C60H42N2S2. The van der Waals surface area contributed by atoms with Gasteiger partial charge in [-0.25, -0.2) is 0 Å². The molecule has 3 heterocycles. The number of nitrogens with zero attached hydrogens (tertiary/aromatic N) is 2. The molecule has 12 aromatic rings. The van der Waals surface area contributed by atoms with Crippen molar-refractivity contribution in [2.24, 2.45) is 0 Å². The van der Waals surface area contributed by atoms with Crippen molar-refractivity contribution >= 4 is 98.7 Å². The molecule has 64 heavy (non-hydrogen) atoms. The minimum Gasteiger partial charge on any atom is -0.368 e. The Morgan fingerprint density at radius 1 is 0.234 bits per heavy atom. The van der Waals surface area contributed by atoms with Gasteiger partial charge >= 0.3 is 0 Å². The Kier molecular flexibility index (Phi) is 8.89. The Labute approximate surface area is 380 Å². The lowest BCUT2D eigenvalue weighted by atomic mass is 9.93. The van der Waals surface area contributed by atoms with E-state index in [9.17, 15) is 0 Å². The predicted octanol–water partition coefficient (Wildman–Crippen LogP) is 16.7. The van der Waals surface area contributed by atoms with Crippen molar-refractivity contribution in [3.8, 4) is 41.8 Å². The molecule has 0 radical (unpaired) electrons. The molecule has 1 saturated heterocycles. The van der Waals surface area contributed by atoms with E-state index in [-0.39, 0.29) is 0 Å². The molecule has 0 aliphatic carbocycles. The maximum atomic E-state index is 2.53. The first-order chi connectivity index (χ1) is 31.7. The molecule has 0 saturated carbocycles. The summed E-state index contributed by atoms with van der Waals surface area (Å²) < 4.78 is 0. The third kappa shape index (κ3) is 6.28. The first-order valence-corrected chi connectivity index (χ1v) is 23.9. The Balaban J connectivity index is 0.681. The zero-order valence-corrected chi connectivity index (χ0v) is 36.8. The van der Waals surface area contributed by atoms with Gasteiger partial charge in [0.05, 0.1) is 0 Å². The van der Waals surface area contributed by atoms with Crippen LogP contribution in [0.25, 0.3) is 106 Å². The lowest BCUT2D eigenvalue weighted by molar-refractivity contribution is 0.653. The van der Waals surface area contributed by atoms with Gasteiger partial charge in [0.1, 0.15) is 0 Å². The van der Waals surface area contributed by atoms with Crippen LogP contribution in [0.5, 0.6) is 0 Å². The van der Waals surface area contributed by atoms with Crippen LogP contribution in [-0.4, -0.2) is 26.2 Å². The van der Waals surface area contributed by atoms with E-state index in [0.29, 0.717) is 0 Å². The third-order valence-electron chi connectivity index (χ3n) is 13.6. The number of thiophene rings is 2. The van der Waals surface area contributed by atoms with Crippen molar-refractivity contribution in [2.75, 3.05) is 36.0 Å². The Hall–Kier alpha value is -7.24. The normalized spacial score (nSPS) is 13.3. The smallest absolute Gasteiger partial charge is 0.0367 e. The molecular weight excluding hydrogens is 813 g/mol. The zero-order chi connectivity index (χ0) is 42.1. The molecule has 10 aromatic carbocycles. The van der Waals surface area contributed by atoms with Crippen LogP contribution in [0.2, 0.25) is 0 Å². The fourth-order valence-corrected chi connectivity index (χ4v) is 12.3.